The van der Waals surface area contributed by atoms with Crippen LogP contribution in [0.5, 0.6) is 0 Å². The van der Waals surface area contributed by atoms with Crippen molar-refractivity contribution in [2.45, 2.75) is 6.54 Å². The second kappa shape index (κ2) is 5.63. The van der Waals surface area contributed by atoms with Crippen LogP contribution in [0.25, 0.3) is 0 Å². The highest BCUT2D eigenvalue weighted by Crippen LogP contribution is 2.24. The number of carboxylic acid groups (broad SMARTS) is 1. The molecule has 0 aliphatic rings. The lowest BCUT2D eigenvalue weighted by molar-refractivity contribution is 0.0697. The number of aromatic nitrogens is 3. The van der Waals surface area contributed by atoms with E-state index in [4.69, 9.17) is 5.11 Å². The van der Waals surface area contributed by atoms with Crippen LogP contribution in [0.15, 0.2) is 35.1 Å². The molecule has 0 saturated carbocycles. The van der Waals surface area contributed by atoms with Crippen LogP contribution < -0.4 is 5.32 Å². The van der Waals surface area contributed by atoms with E-state index in [0.29, 0.717) is 23.2 Å². The predicted octanol–water partition coefficient (Wildman–Crippen LogP) is 1.85. The third kappa shape index (κ3) is 2.86. The molecule has 2 N–H and O–H groups in total. The van der Waals surface area contributed by atoms with Crippen LogP contribution in [0.1, 0.15) is 10.4 Å². The maximum Gasteiger partial charge on any atom is 0.338 e. The van der Waals surface area contributed by atoms with Crippen molar-refractivity contribution in [2.75, 3.05) is 11.9 Å². The lowest BCUT2D eigenvalue weighted by Crippen LogP contribution is -2.13. The van der Waals surface area contributed by atoms with Crippen molar-refractivity contribution in [3.05, 3.63) is 40.6 Å². The third-order valence-electron chi connectivity index (χ3n) is 2.36. The zero-order chi connectivity index (χ0) is 13.0. The van der Waals surface area contributed by atoms with E-state index in [2.05, 4.69) is 31.6 Å². The Bertz CT molecular complexity index is 542. The Morgan fingerprint density at radius 1 is 1.50 bits per heavy atom. The van der Waals surface area contributed by atoms with Crippen LogP contribution in [-0.4, -0.2) is 32.6 Å². The van der Waals surface area contributed by atoms with E-state index in [1.165, 1.54) is 0 Å². The van der Waals surface area contributed by atoms with Gasteiger partial charge >= 0.3 is 5.97 Å². The van der Waals surface area contributed by atoms with E-state index in [1.54, 1.807) is 35.3 Å². The summed E-state index contributed by atoms with van der Waals surface area (Å²) in [5, 5.41) is 19.7. The molecule has 0 bridgehead atoms. The maximum absolute atomic E-state index is 11.1. The average Bonchev–Trinajstić information content (AvgIpc) is 2.81. The number of nitrogens with zero attached hydrogens (tertiary/aromatic N) is 3. The number of rotatable bonds is 5. The van der Waals surface area contributed by atoms with Crippen molar-refractivity contribution in [2.24, 2.45) is 0 Å². The summed E-state index contributed by atoms with van der Waals surface area (Å²) in [4.78, 5) is 11.1. The summed E-state index contributed by atoms with van der Waals surface area (Å²) in [7, 11) is 0. The topological polar surface area (TPSA) is 80.0 Å². The minimum absolute atomic E-state index is 0.232. The third-order valence-corrected chi connectivity index (χ3v) is 3.02. The van der Waals surface area contributed by atoms with E-state index in [1.807, 2.05) is 0 Å². The van der Waals surface area contributed by atoms with Crippen molar-refractivity contribution < 1.29 is 9.90 Å². The number of anilines is 1. The van der Waals surface area contributed by atoms with Gasteiger partial charge in [-0.1, -0.05) is 11.3 Å². The molecule has 0 aliphatic carbocycles. The quantitative estimate of drug-likeness (QED) is 0.881. The number of hydrogen-bond donors (Lipinski definition) is 2. The summed E-state index contributed by atoms with van der Waals surface area (Å²) in [5.74, 6) is -0.967. The zero-order valence-corrected chi connectivity index (χ0v) is 11.0. The molecular formula is C11H11BrN4O2. The molecule has 0 unspecified atom stereocenters. The molecule has 1 aromatic carbocycles. The SMILES string of the molecule is O=C(O)c1c(Br)cccc1NCCn1ccnn1. The maximum atomic E-state index is 11.1. The smallest absolute Gasteiger partial charge is 0.338 e. The van der Waals surface area contributed by atoms with Gasteiger partial charge in [-0.2, -0.15) is 0 Å². The highest BCUT2D eigenvalue weighted by Gasteiger charge is 2.13. The van der Waals surface area contributed by atoms with E-state index >= 15 is 0 Å². The standard InChI is InChI=1S/C11H11BrN4O2/c12-8-2-1-3-9(10(8)11(17)18)13-4-6-16-7-5-14-15-16/h1-3,5,7,13H,4,6H2,(H,17,18). The summed E-state index contributed by atoms with van der Waals surface area (Å²) in [5.41, 5.74) is 0.813. The number of aromatic carboxylic acids is 1. The highest BCUT2D eigenvalue weighted by molar-refractivity contribution is 9.10. The van der Waals surface area contributed by atoms with Crippen molar-refractivity contribution in [1.82, 2.24) is 15.0 Å². The molecule has 0 saturated heterocycles. The Kier molecular flexibility index (Phi) is 3.93. The Labute approximate surface area is 112 Å². The van der Waals surface area contributed by atoms with Gasteiger partial charge in [0.25, 0.3) is 0 Å². The average molecular weight is 311 g/mol. The van der Waals surface area contributed by atoms with Crippen molar-refractivity contribution in [3.63, 3.8) is 0 Å². The molecule has 0 amide bonds. The first kappa shape index (κ1) is 12.6. The van der Waals surface area contributed by atoms with Gasteiger partial charge in [0, 0.05) is 22.9 Å². The highest BCUT2D eigenvalue weighted by atomic mass is 79.9. The predicted molar refractivity (Wildman–Crippen MR) is 69.6 cm³/mol. The van der Waals surface area contributed by atoms with Gasteiger partial charge in [-0.05, 0) is 28.1 Å². The molecule has 0 spiro atoms. The molecule has 94 valence electrons. The Hall–Kier alpha value is -1.89. The molecular weight excluding hydrogens is 300 g/mol. The van der Waals surface area contributed by atoms with Gasteiger partial charge in [0.05, 0.1) is 18.3 Å². The molecule has 1 heterocycles. The Balaban J connectivity index is 2.05. The van der Waals surface area contributed by atoms with Crippen LogP contribution in [-0.2, 0) is 6.54 Å². The largest absolute Gasteiger partial charge is 0.478 e. The summed E-state index contributed by atoms with van der Waals surface area (Å²) >= 11 is 3.23. The van der Waals surface area contributed by atoms with Crippen molar-refractivity contribution in [3.8, 4) is 0 Å². The van der Waals surface area contributed by atoms with Gasteiger partial charge in [-0.3, -0.25) is 4.68 Å². The molecule has 2 aromatic rings. The number of carboxylic acids is 1. The number of nitrogens with one attached hydrogen (secondary N) is 1. The van der Waals surface area contributed by atoms with Crippen LogP contribution >= 0.6 is 15.9 Å². The van der Waals surface area contributed by atoms with Crippen LogP contribution in [0.4, 0.5) is 5.69 Å². The van der Waals surface area contributed by atoms with Gasteiger partial charge < -0.3 is 10.4 Å². The fourth-order valence-corrected chi connectivity index (χ4v) is 2.08. The molecule has 7 heteroatoms. The van der Waals surface area contributed by atoms with Gasteiger partial charge in [0.1, 0.15) is 0 Å². The van der Waals surface area contributed by atoms with Crippen LogP contribution in [0, 0.1) is 0 Å². The number of halogens is 1. The van der Waals surface area contributed by atoms with E-state index in [-0.39, 0.29) is 5.56 Å². The first-order chi connectivity index (χ1) is 8.68. The summed E-state index contributed by atoms with van der Waals surface area (Å²) in [6.45, 7) is 1.19. The number of hydrogen-bond acceptors (Lipinski definition) is 4. The molecule has 1 aromatic heterocycles. The fraction of sp³-hybridized carbons (Fsp3) is 0.182. The molecule has 0 aliphatic heterocycles. The van der Waals surface area contributed by atoms with Crippen molar-refractivity contribution in [1.29, 1.82) is 0 Å². The van der Waals surface area contributed by atoms with Crippen molar-refractivity contribution >= 4 is 27.6 Å². The summed E-state index contributed by atoms with van der Waals surface area (Å²) in [6.07, 6.45) is 3.35. The van der Waals surface area contributed by atoms with Gasteiger partial charge in [0.15, 0.2) is 0 Å². The second-order valence-corrected chi connectivity index (χ2v) is 4.41. The molecule has 18 heavy (non-hydrogen) atoms. The molecule has 2 rings (SSSR count). The van der Waals surface area contributed by atoms with E-state index in [0.717, 1.165) is 0 Å². The minimum Gasteiger partial charge on any atom is -0.478 e. The first-order valence-corrected chi connectivity index (χ1v) is 6.07. The Morgan fingerprint density at radius 2 is 2.33 bits per heavy atom. The molecule has 0 fully saturated rings. The normalized spacial score (nSPS) is 10.3. The van der Waals surface area contributed by atoms with E-state index in [9.17, 15) is 4.79 Å². The number of benzene rings is 1. The van der Waals surface area contributed by atoms with Gasteiger partial charge in [-0.25, -0.2) is 4.79 Å². The Morgan fingerprint density at radius 3 is 3.00 bits per heavy atom. The second-order valence-electron chi connectivity index (χ2n) is 3.56. The molecule has 0 radical (unpaired) electrons. The number of carbonyl (C=O) groups is 1. The summed E-state index contributed by atoms with van der Waals surface area (Å²) < 4.78 is 2.23. The van der Waals surface area contributed by atoms with E-state index < -0.39 is 5.97 Å². The molecule has 0 atom stereocenters. The first-order valence-electron chi connectivity index (χ1n) is 5.28. The van der Waals surface area contributed by atoms with Gasteiger partial charge in [-0.15, -0.1) is 5.10 Å². The zero-order valence-electron chi connectivity index (χ0n) is 9.38. The van der Waals surface area contributed by atoms with Crippen LogP contribution in [0.3, 0.4) is 0 Å². The monoisotopic (exact) mass is 310 g/mol. The minimum atomic E-state index is -0.967. The summed E-state index contributed by atoms with van der Waals surface area (Å²) in [6, 6.07) is 5.22. The van der Waals surface area contributed by atoms with Crippen LogP contribution in [0.2, 0.25) is 0 Å². The molecule has 6 nitrogen and oxygen atoms in total. The van der Waals surface area contributed by atoms with Gasteiger partial charge in [0.2, 0.25) is 0 Å². The fourth-order valence-electron chi connectivity index (χ4n) is 1.55. The lowest BCUT2D eigenvalue weighted by atomic mass is 10.2. The lowest BCUT2D eigenvalue weighted by Gasteiger charge is -2.10.